The molecule has 0 radical (unpaired) electrons. The first-order chi connectivity index (χ1) is 34.3. The number of alkyl halides is 6. The lowest BCUT2D eigenvalue weighted by Gasteiger charge is -2.17. The van der Waals surface area contributed by atoms with E-state index in [1.54, 1.807) is 12.1 Å². The second-order valence-electron chi connectivity index (χ2n) is 18.0. The minimum Gasteiger partial charge on any atom is -0.309 e. The van der Waals surface area contributed by atoms with E-state index in [0.29, 0.717) is 11.1 Å². The summed E-state index contributed by atoms with van der Waals surface area (Å²) in [7, 11) is 0. The van der Waals surface area contributed by atoms with Crippen LogP contribution >= 0.6 is 0 Å². The van der Waals surface area contributed by atoms with Crippen molar-refractivity contribution in [2.24, 2.45) is 0 Å². The molecule has 0 aliphatic heterocycles. The number of benzene rings is 10. The van der Waals surface area contributed by atoms with E-state index in [4.69, 9.17) is 0 Å². The normalized spacial score (nSPS) is 11.9. The molecule has 0 saturated heterocycles. The van der Waals surface area contributed by atoms with Crippen molar-refractivity contribution in [1.82, 2.24) is 4.57 Å². The van der Waals surface area contributed by atoms with E-state index >= 15 is 0 Å². The highest BCUT2D eigenvalue weighted by Crippen LogP contribution is 2.45. The molecule has 0 spiro atoms. The molecule has 0 fully saturated rings. The quantitative estimate of drug-likeness (QED) is 0.134. The second kappa shape index (κ2) is 17.8. The molecule has 0 aliphatic rings. The number of hydrogen-bond donors (Lipinski definition) is 0. The Morgan fingerprint density at radius 2 is 0.634 bits per heavy atom. The number of para-hydroxylation sites is 1. The predicted octanol–water partition coefficient (Wildman–Crippen LogP) is 19.1. The molecule has 0 bridgehead atoms. The third kappa shape index (κ3) is 8.48. The molecule has 71 heavy (non-hydrogen) atoms. The summed E-state index contributed by atoms with van der Waals surface area (Å²) in [6.07, 6.45) is -9.16. The van der Waals surface area contributed by atoms with Gasteiger partial charge >= 0.3 is 12.4 Å². The van der Waals surface area contributed by atoms with Gasteiger partial charge < -0.3 is 4.57 Å². The van der Waals surface area contributed by atoms with Gasteiger partial charge in [0.2, 0.25) is 0 Å². The maximum absolute atomic E-state index is 14.7. The highest BCUT2D eigenvalue weighted by Gasteiger charge is 2.35. The minimum absolute atomic E-state index is 0.0849. The van der Waals surface area contributed by atoms with E-state index in [-0.39, 0.29) is 11.1 Å². The number of fused-ring (bicyclic) bond motifs is 3. The van der Waals surface area contributed by atoms with Crippen LogP contribution in [0.15, 0.2) is 224 Å². The Morgan fingerprint density at radius 3 is 1.07 bits per heavy atom. The van der Waals surface area contributed by atoms with Crippen LogP contribution in [0.4, 0.5) is 26.3 Å². The number of aromatic nitrogens is 1. The zero-order valence-corrected chi connectivity index (χ0v) is 38.6. The fourth-order valence-electron chi connectivity index (χ4n) is 10.1. The number of rotatable bonds is 8. The molecule has 1 heterocycles. The van der Waals surface area contributed by atoms with Crippen molar-refractivity contribution >= 4 is 21.8 Å². The van der Waals surface area contributed by atoms with Crippen LogP contribution in [0.3, 0.4) is 0 Å². The van der Waals surface area contributed by atoms with Gasteiger partial charge in [-0.25, -0.2) is 0 Å². The highest BCUT2D eigenvalue weighted by atomic mass is 19.4. The van der Waals surface area contributed by atoms with Gasteiger partial charge in [-0.3, -0.25) is 0 Å². The van der Waals surface area contributed by atoms with E-state index in [1.807, 2.05) is 141 Å². The number of aryl methyl sites for hydroxylation is 2. The third-order valence-corrected chi connectivity index (χ3v) is 13.5. The van der Waals surface area contributed by atoms with Gasteiger partial charge in [0, 0.05) is 16.3 Å². The zero-order valence-electron chi connectivity index (χ0n) is 38.6. The van der Waals surface area contributed by atoms with Gasteiger partial charge in [0.1, 0.15) is 0 Å². The van der Waals surface area contributed by atoms with Crippen LogP contribution in [0.2, 0.25) is 0 Å². The molecule has 11 rings (SSSR count). The van der Waals surface area contributed by atoms with Crippen LogP contribution < -0.4 is 0 Å². The van der Waals surface area contributed by atoms with Crippen LogP contribution in [-0.4, -0.2) is 4.57 Å². The van der Waals surface area contributed by atoms with E-state index in [9.17, 15) is 26.3 Å². The van der Waals surface area contributed by atoms with Crippen molar-refractivity contribution in [1.29, 1.82) is 0 Å². The van der Waals surface area contributed by atoms with Crippen LogP contribution in [-0.2, 0) is 12.4 Å². The summed E-state index contributed by atoms with van der Waals surface area (Å²) < 4.78 is 90.2. The first-order valence-electron chi connectivity index (χ1n) is 23.3. The maximum Gasteiger partial charge on any atom is 0.417 e. The molecule has 0 atom stereocenters. The molecule has 0 amide bonds. The molecule has 1 aromatic heterocycles. The topological polar surface area (TPSA) is 4.93 Å². The average Bonchev–Trinajstić information content (AvgIpc) is 3.71. The molecule has 0 saturated carbocycles. The Labute approximate surface area is 407 Å². The number of hydrogen-bond acceptors (Lipinski definition) is 0. The Morgan fingerprint density at radius 1 is 0.282 bits per heavy atom. The molecule has 10 aromatic carbocycles. The third-order valence-electron chi connectivity index (χ3n) is 13.5. The predicted molar refractivity (Wildman–Crippen MR) is 278 cm³/mol. The fourth-order valence-corrected chi connectivity index (χ4v) is 10.1. The lowest BCUT2D eigenvalue weighted by atomic mass is 9.89. The van der Waals surface area contributed by atoms with Crippen molar-refractivity contribution in [2.45, 2.75) is 26.2 Å². The summed E-state index contributed by atoms with van der Waals surface area (Å²) in [6.45, 7) is 3.98. The van der Waals surface area contributed by atoms with Crippen molar-refractivity contribution in [3.05, 3.63) is 247 Å². The van der Waals surface area contributed by atoms with Gasteiger partial charge in [0.25, 0.3) is 0 Å². The van der Waals surface area contributed by atoms with Gasteiger partial charge in [-0.2, -0.15) is 26.3 Å². The number of nitrogens with zero attached hydrogens (tertiary/aromatic N) is 1. The smallest absolute Gasteiger partial charge is 0.309 e. The standard InChI is InChI=1S/C64H43F6N/c1-40-16-6-8-20-51(40)47-32-45(34-49(36-47)53-22-10-13-25-58(53)63(65,66)67)43-28-30-61-56(38-43)57-39-44(29-31-62(57)71(61)60-27-15-12-24-55(60)42-18-4-3-5-19-42)46-33-48(52-21-9-7-17-41(52)2)37-50(35-46)54-23-11-14-26-59(54)64(68,69)70/h3-39H,1-2H3. The summed E-state index contributed by atoms with van der Waals surface area (Å²) in [5, 5.41) is 1.77. The lowest BCUT2D eigenvalue weighted by molar-refractivity contribution is -0.137. The maximum atomic E-state index is 14.7. The van der Waals surface area contributed by atoms with Crippen molar-refractivity contribution in [3.8, 4) is 83.6 Å². The van der Waals surface area contributed by atoms with E-state index in [2.05, 4.69) is 53.1 Å². The SMILES string of the molecule is Cc1ccccc1-c1cc(-c2ccc3c(c2)c2cc(-c4cc(-c5ccccc5C)cc(-c5ccccc5C(F)(F)F)c4)ccc2n3-c2ccccc2-c2ccccc2)cc(-c2ccccc2C(F)(F)F)c1. The molecule has 0 unspecified atom stereocenters. The average molecular weight is 940 g/mol. The monoisotopic (exact) mass is 939 g/mol. The van der Waals surface area contributed by atoms with E-state index in [0.717, 1.165) is 106 Å². The summed E-state index contributed by atoms with van der Waals surface area (Å²) >= 11 is 0. The Balaban J connectivity index is 1.18. The molecule has 7 heteroatoms. The summed E-state index contributed by atoms with van der Waals surface area (Å²) in [5.74, 6) is 0. The largest absolute Gasteiger partial charge is 0.417 e. The molecule has 0 aliphatic carbocycles. The van der Waals surface area contributed by atoms with Crippen molar-refractivity contribution in [2.75, 3.05) is 0 Å². The highest BCUT2D eigenvalue weighted by molar-refractivity contribution is 6.12. The Bertz CT molecular complexity index is 3610. The van der Waals surface area contributed by atoms with Gasteiger partial charge in [0.15, 0.2) is 0 Å². The first-order valence-corrected chi connectivity index (χ1v) is 23.3. The van der Waals surface area contributed by atoms with Crippen LogP contribution in [0.1, 0.15) is 22.3 Å². The zero-order chi connectivity index (χ0) is 49.0. The van der Waals surface area contributed by atoms with E-state index < -0.39 is 23.5 Å². The van der Waals surface area contributed by atoms with Gasteiger partial charge in [-0.05, 0) is 176 Å². The van der Waals surface area contributed by atoms with Crippen LogP contribution in [0.5, 0.6) is 0 Å². The van der Waals surface area contributed by atoms with Gasteiger partial charge in [-0.15, -0.1) is 0 Å². The van der Waals surface area contributed by atoms with Gasteiger partial charge in [0.05, 0.1) is 27.8 Å². The molecule has 11 aromatic rings. The fraction of sp³-hybridized carbons (Fsp3) is 0.0625. The Hall–Kier alpha value is -8.42. The van der Waals surface area contributed by atoms with Crippen molar-refractivity contribution < 1.29 is 26.3 Å². The molecule has 1 nitrogen and oxygen atoms in total. The molecular weight excluding hydrogens is 897 g/mol. The number of halogens is 6. The Kier molecular flexibility index (Phi) is 11.3. The van der Waals surface area contributed by atoms with Crippen LogP contribution in [0, 0.1) is 13.8 Å². The first kappa shape index (κ1) is 45.0. The molecular formula is C64H43F6N. The van der Waals surface area contributed by atoms with Crippen molar-refractivity contribution in [3.63, 3.8) is 0 Å². The minimum atomic E-state index is -4.58. The summed E-state index contributed by atoms with van der Waals surface area (Å²) in [6, 6.07) is 69.2. The molecule has 346 valence electrons. The van der Waals surface area contributed by atoms with Crippen LogP contribution in [0.25, 0.3) is 105 Å². The molecule has 0 N–H and O–H groups in total. The summed E-state index contributed by atoms with van der Waals surface area (Å²) in [5.41, 5.74) is 12.8. The van der Waals surface area contributed by atoms with E-state index in [1.165, 1.54) is 24.3 Å². The van der Waals surface area contributed by atoms with Gasteiger partial charge in [-0.1, -0.05) is 146 Å². The lowest BCUT2D eigenvalue weighted by Crippen LogP contribution is -2.07. The second-order valence-corrected chi connectivity index (χ2v) is 18.0. The summed E-state index contributed by atoms with van der Waals surface area (Å²) in [4.78, 5) is 0.